The maximum atomic E-state index is 12.0. The Balaban J connectivity index is 0.00000385. The van der Waals surface area contributed by atoms with Crippen molar-refractivity contribution in [3.05, 3.63) is 35.4 Å². The van der Waals surface area contributed by atoms with Crippen LogP contribution in [0.15, 0.2) is 29.3 Å². The number of nitrogens with one attached hydrogen (secondary N) is 2. The molecule has 0 aromatic heterocycles. The van der Waals surface area contributed by atoms with E-state index in [0.29, 0.717) is 0 Å². The number of carbonyl (C=O) groups excluding carboxylic acids is 1. The number of aliphatic imine (C=N–C) groups is 1. The highest BCUT2D eigenvalue weighted by Gasteiger charge is 2.27. The van der Waals surface area contributed by atoms with Gasteiger partial charge in [-0.2, -0.15) is 0 Å². The molecule has 0 bridgehead atoms. The van der Waals surface area contributed by atoms with Gasteiger partial charge in [-0.1, -0.05) is 24.3 Å². The van der Waals surface area contributed by atoms with Gasteiger partial charge >= 0.3 is 6.09 Å². The number of benzene rings is 1. The first-order chi connectivity index (χ1) is 15.2. The molecule has 33 heavy (non-hydrogen) atoms. The van der Waals surface area contributed by atoms with Crippen molar-refractivity contribution in [1.29, 1.82) is 0 Å². The molecule has 0 saturated carbocycles. The number of likely N-dealkylation sites (N-methyl/N-ethyl adjacent to an activating group) is 1. The molecule has 1 amide bonds. The number of likely N-dealkylation sites (tertiary alicyclic amines) is 1. The van der Waals surface area contributed by atoms with Crippen molar-refractivity contribution in [3.63, 3.8) is 0 Å². The summed E-state index contributed by atoms with van der Waals surface area (Å²) in [5, 5.41) is 6.43. The summed E-state index contributed by atoms with van der Waals surface area (Å²) in [7, 11) is 3.99. The molecule has 2 N–H and O–H groups in total. The first kappa shape index (κ1) is 27.7. The Morgan fingerprint density at radius 1 is 1.09 bits per heavy atom. The normalized spacial score (nSPS) is 20.3. The SMILES string of the molecule is CN=C(NCc1ccc(CN2CCN(C)CC2)cc1)N1CCC(NC(=O)OC(C)(C)C)C1.I. The summed E-state index contributed by atoms with van der Waals surface area (Å²) in [5.74, 6) is 0.861. The quantitative estimate of drug-likeness (QED) is 0.322. The number of piperazine rings is 1. The summed E-state index contributed by atoms with van der Waals surface area (Å²) in [6.45, 7) is 13.5. The lowest BCUT2D eigenvalue weighted by Crippen LogP contribution is -2.44. The van der Waals surface area contributed by atoms with E-state index in [0.717, 1.165) is 64.7 Å². The molecule has 2 aliphatic rings. The molecule has 1 aromatic carbocycles. The van der Waals surface area contributed by atoms with E-state index in [4.69, 9.17) is 4.74 Å². The molecule has 2 aliphatic heterocycles. The van der Waals surface area contributed by atoms with Crippen molar-refractivity contribution in [2.75, 3.05) is 53.4 Å². The topological polar surface area (TPSA) is 72.4 Å². The molecule has 1 atom stereocenters. The maximum Gasteiger partial charge on any atom is 0.407 e. The van der Waals surface area contributed by atoms with E-state index in [-0.39, 0.29) is 36.1 Å². The third-order valence-electron chi connectivity index (χ3n) is 5.90. The van der Waals surface area contributed by atoms with Crippen molar-refractivity contribution in [1.82, 2.24) is 25.3 Å². The summed E-state index contributed by atoms with van der Waals surface area (Å²) < 4.78 is 5.37. The third kappa shape index (κ3) is 9.29. The van der Waals surface area contributed by atoms with Crippen LogP contribution in [0.25, 0.3) is 0 Å². The number of alkyl carbamates (subject to hydrolysis) is 1. The van der Waals surface area contributed by atoms with Gasteiger partial charge in [0.05, 0.1) is 6.04 Å². The minimum atomic E-state index is -0.486. The Morgan fingerprint density at radius 3 is 2.33 bits per heavy atom. The fourth-order valence-corrected chi connectivity index (χ4v) is 4.08. The summed E-state index contributed by atoms with van der Waals surface area (Å²) >= 11 is 0. The zero-order valence-electron chi connectivity index (χ0n) is 20.8. The van der Waals surface area contributed by atoms with Crippen LogP contribution in [0.5, 0.6) is 0 Å². The molecule has 0 radical (unpaired) electrons. The Kier molecular flexibility index (Phi) is 10.7. The van der Waals surface area contributed by atoms with Crippen molar-refractivity contribution in [3.8, 4) is 0 Å². The maximum absolute atomic E-state index is 12.0. The fourth-order valence-electron chi connectivity index (χ4n) is 4.08. The van der Waals surface area contributed by atoms with Crippen molar-refractivity contribution < 1.29 is 9.53 Å². The number of hydrogen-bond acceptors (Lipinski definition) is 5. The molecule has 9 heteroatoms. The molecule has 2 heterocycles. The van der Waals surface area contributed by atoms with Crippen LogP contribution in [0.1, 0.15) is 38.3 Å². The zero-order chi connectivity index (χ0) is 23.1. The average Bonchev–Trinajstić information content (AvgIpc) is 3.18. The van der Waals surface area contributed by atoms with Crippen LogP contribution < -0.4 is 10.6 Å². The first-order valence-electron chi connectivity index (χ1n) is 11.7. The second-order valence-electron chi connectivity index (χ2n) is 9.87. The Hall–Kier alpha value is -1.59. The molecule has 2 saturated heterocycles. The van der Waals surface area contributed by atoms with Crippen LogP contribution in [-0.4, -0.2) is 91.8 Å². The number of guanidine groups is 1. The van der Waals surface area contributed by atoms with Crippen LogP contribution in [0.3, 0.4) is 0 Å². The number of amides is 1. The second-order valence-corrected chi connectivity index (χ2v) is 9.87. The number of rotatable bonds is 5. The summed E-state index contributed by atoms with van der Waals surface area (Å²) in [5.41, 5.74) is 2.11. The van der Waals surface area contributed by atoms with Gasteiger partial charge in [0.25, 0.3) is 0 Å². The molecular formula is C24H41IN6O2. The van der Waals surface area contributed by atoms with Crippen LogP contribution in [0.4, 0.5) is 4.79 Å². The van der Waals surface area contributed by atoms with Crippen LogP contribution in [-0.2, 0) is 17.8 Å². The monoisotopic (exact) mass is 572 g/mol. The van der Waals surface area contributed by atoms with E-state index in [1.54, 1.807) is 7.05 Å². The average molecular weight is 573 g/mol. The summed E-state index contributed by atoms with van der Waals surface area (Å²) in [6, 6.07) is 8.92. The first-order valence-corrected chi connectivity index (χ1v) is 11.7. The van der Waals surface area contributed by atoms with Gasteiger partial charge in [0.15, 0.2) is 5.96 Å². The minimum Gasteiger partial charge on any atom is -0.444 e. The van der Waals surface area contributed by atoms with E-state index in [9.17, 15) is 4.79 Å². The Bertz CT molecular complexity index is 772. The molecule has 1 unspecified atom stereocenters. The van der Waals surface area contributed by atoms with Crippen LogP contribution in [0, 0.1) is 0 Å². The molecule has 2 fully saturated rings. The molecule has 0 aliphatic carbocycles. The smallest absolute Gasteiger partial charge is 0.407 e. The highest BCUT2D eigenvalue weighted by molar-refractivity contribution is 14.0. The molecule has 1 aromatic rings. The highest BCUT2D eigenvalue weighted by atomic mass is 127. The molecule has 0 spiro atoms. The van der Waals surface area contributed by atoms with Gasteiger partial charge in [-0.15, -0.1) is 24.0 Å². The lowest BCUT2D eigenvalue weighted by molar-refractivity contribution is 0.0507. The summed E-state index contributed by atoms with van der Waals surface area (Å²) in [4.78, 5) is 23.6. The lowest BCUT2D eigenvalue weighted by Gasteiger charge is -2.32. The van der Waals surface area contributed by atoms with Gasteiger partial charge in [0.2, 0.25) is 0 Å². The van der Waals surface area contributed by atoms with Gasteiger partial charge < -0.3 is 25.2 Å². The standard InChI is InChI=1S/C24H40N6O2.HI/c1-24(2,3)32-23(31)27-21-10-11-30(18-21)22(25-4)26-16-19-6-8-20(9-7-19)17-29-14-12-28(5)13-15-29;/h6-9,21H,10-18H2,1-5H3,(H,25,26)(H,27,31);1H. The second kappa shape index (κ2) is 12.8. The van der Waals surface area contributed by atoms with E-state index in [2.05, 4.69) is 61.6 Å². The fraction of sp³-hybridized carbons (Fsp3) is 0.667. The van der Waals surface area contributed by atoms with E-state index < -0.39 is 5.60 Å². The molecule has 186 valence electrons. The highest BCUT2D eigenvalue weighted by Crippen LogP contribution is 2.13. The van der Waals surface area contributed by atoms with Gasteiger partial charge in [-0.25, -0.2) is 4.79 Å². The Labute approximate surface area is 216 Å². The predicted octanol–water partition coefficient (Wildman–Crippen LogP) is 2.73. The molecular weight excluding hydrogens is 531 g/mol. The number of halogens is 1. The van der Waals surface area contributed by atoms with Gasteiger partial charge in [-0.05, 0) is 45.4 Å². The van der Waals surface area contributed by atoms with E-state index in [1.165, 1.54) is 11.1 Å². The van der Waals surface area contributed by atoms with Crippen molar-refractivity contribution >= 4 is 36.0 Å². The van der Waals surface area contributed by atoms with Gasteiger partial charge in [-0.3, -0.25) is 9.89 Å². The van der Waals surface area contributed by atoms with Crippen LogP contribution >= 0.6 is 24.0 Å². The molecule has 3 rings (SSSR count). The van der Waals surface area contributed by atoms with Crippen molar-refractivity contribution in [2.45, 2.75) is 51.9 Å². The summed E-state index contributed by atoms with van der Waals surface area (Å²) in [6.07, 6.45) is 0.518. The zero-order valence-corrected chi connectivity index (χ0v) is 23.1. The number of nitrogens with zero attached hydrogens (tertiary/aromatic N) is 4. The van der Waals surface area contributed by atoms with Gasteiger partial charge in [0.1, 0.15) is 5.60 Å². The predicted molar refractivity (Wildman–Crippen MR) is 144 cm³/mol. The van der Waals surface area contributed by atoms with Crippen LogP contribution in [0.2, 0.25) is 0 Å². The molecule has 8 nitrogen and oxygen atoms in total. The van der Waals surface area contributed by atoms with E-state index in [1.807, 2.05) is 20.8 Å². The number of hydrogen-bond donors (Lipinski definition) is 2. The largest absolute Gasteiger partial charge is 0.444 e. The van der Waals surface area contributed by atoms with Gasteiger partial charge in [0, 0.05) is 59.4 Å². The number of ether oxygens (including phenoxy) is 1. The van der Waals surface area contributed by atoms with Crippen molar-refractivity contribution in [2.24, 2.45) is 4.99 Å². The lowest BCUT2D eigenvalue weighted by atomic mass is 10.1. The Morgan fingerprint density at radius 2 is 1.73 bits per heavy atom. The third-order valence-corrected chi connectivity index (χ3v) is 5.90. The number of carbonyl (C=O) groups is 1. The van der Waals surface area contributed by atoms with E-state index >= 15 is 0 Å². The minimum absolute atomic E-state index is 0.